The van der Waals surface area contributed by atoms with Gasteiger partial charge < -0.3 is 10.1 Å². The Kier molecular flexibility index (Phi) is 4.15. The summed E-state index contributed by atoms with van der Waals surface area (Å²) in [5.74, 6) is 0.716. The van der Waals surface area contributed by atoms with E-state index < -0.39 is 0 Å². The number of hydrogen-bond acceptors (Lipinski definition) is 3. The zero-order valence-electron chi connectivity index (χ0n) is 10.2. The highest BCUT2D eigenvalue weighted by atomic mass is 16.5. The summed E-state index contributed by atoms with van der Waals surface area (Å²) in [4.78, 5) is 11.1. The maximum atomic E-state index is 11.1. The van der Waals surface area contributed by atoms with E-state index in [-0.39, 0.29) is 5.78 Å². The summed E-state index contributed by atoms with van der Waals surface area (Å²) in [6.07, 6.45) is 2.40. The second-order valence-electron chi connectivity index (χ2n) is 4.60. The molecule has 0 saturated carbocycles. The Morgan fingerprint density at radius 2 is 2.18 bits per heavy atom. The highest BCUT2D eigenvalue weighted by molar-refractivity contribution is 5.94. The number of ether oxygens (including phenoxy) is 1. The topological polar surface area (TPSA) is 38.3 Å². The Balaban J connectivity index is 1.84. The molecule has 0 bridgehead atoms. The molecule has 2 rings (SSSR count). The third kappa shape index (κ3) is 3.56. The highest BCUT2D eigenvalue weighted by Crippen LogP contribution is 2.15. The first kappa shape index (κ1) is 12.1. The molecule has 3 nitrogen and oxygen atoms in total. The van der Waals surface area contributed by atoms with Gasteiger partial charge in [0, 0.05) is 24.4 Å². The van der Waals surface area contributed by atoms with Crippen molar-refractivity contribution in [3.8, 4) is 0 Å². The normalized spacial score (nSPS) is 19.9. The van der Waals surface area contributed by atoms with Crippen LogP contribution in [-0.2, 0) is 4.74 Å². The molecule has 1 heterocycles. The molecule has 0 aliphatic carbocycles. The summed E-state index contributed by atoms with van der Waals surface area (Å²) in [6.45, 7) is 4.30. The number of ketones is 1. The third-order valence-electron chi connectivity index (χ3n) is 3.14. The van der Waals surface area contributed by atoms with E-state index in [1.54, 1.807) is 6.92 Å². The monoisotopic (exact) mass is 233 g/mol. The summed E-state index contributed by atoms with van der Waals surface area (Å²) >= 11 is 0. The van der Waals surface area contributed by atoms with Gasteiger partial charge in [-0.1, -0.05) is 0 Å². The second kappa shape index (κ2) is 5.82. The second-order valence-corrected chi connectivity index (χ2v) is 4.60. The molecule has 1 aromatic rings. The first-order chi connectivity index (χ1) is 8.25. The molecule has 3 heteroatoms. The summed E-state index contributed by atoms with van der Waals surface area (Å²) in [7, 11) is 0. The van der Waals surface area contributed by atoms with Crippen LogP contribution in [0.1, 0.15) is 30.1 Å². The number of rotatable bonds is 4. The van der Waals surface area contributed by atoms with Crippen LogP contribution >= 0.6 is 0 Å². The lowest BCUT2D eigenvalue weighted by Gasteiger charge is -2.22. The van der Waals surface area contributed by atoms with Crippen LogP contribution < -0.4 is 5.32 Å². The molecule has 1 aliphatic rings. The minimum atomic E-state index is 0.109. The number of carbonyl (C=O) groups excluding carboxylic acids is 1. The fourth-order valence-electron chi connectivity index (χ4n) is 2.05. The first-order valence-electron chi connectivity index (χ1n) is 6.18. The smallest absolute Gasteiger partial charge is 0.159 e. The number of carbonyl (C=O) groups is 1. The van der Waals surface area contributed by atoms with Crippen LogP contribution in [0.5, 0.6) is 0 Å². The van der Waals surface area contributed by atoms with E-state index in [0.717, 1.165) is 37.4 Å². The van der Waals surface area contributed by atoms with Gasteiger partial charge in [0.25, 0.3) is 0 Å². The molecule has 1 saturated heterocycles. The van der Waals surface area contributed by atoms with Crippen LogP contribution in [0.2, 0.25) is 0 Å². The van der Waals surface area contributed by atoms with Gasteiger partial charge in [0.05, 0.1) is 6.61 Å². The van der Waals surface area contributed by atoms with Crippen molar-refractivity contribution in [1.29, 1.82) is 0 Å². The number of benzene rings is 1. The van der Waals surface area contributed by atoms with Crippen LogP contribution in [0, 0.1) is 5.92 Å². The molecule has 17 heavy (non-hydrogen) atoms. The van der Waals surface area contributed by atoms with Crippen molar-refractivity contribution in [2.24, 2.45) is 5.92 Å². The predicted molar refractivity (Wildman–Crippen MR) is 68.5 cm³/mol. The molecule has 1 aliphatic heterocycles. The summed E-state index contributed by atoms with van der Waals surface area (Å²) in [5.41, 5.74) is 1.83. The van der Waals surface area contributed by atoms with E-state index >= 15 is 0 Å². The van der Waals surface area contributed by atoms with Crippen molar-refractivity contribution in [1.82, 2.24) is 0 Å². The van der Waals surface area contributed by atoms with Crippen LogP contribution in [0.25, 0.3) is 0 Å². The predicted octanol–water partition coefficient (Wildman–Crippen LogP) is 2.73. The maximum Gasteiger partial charge on any atom is 0.159 e. The molecule has 0 radical (unpaired) electrons. The largest absolute Gasteiger partial charge is 0.385 e. The van der Waals surface area contributed by atoms with Gasteiger partial charge in [0.15, 0.2) is 5.78 Å². The van der Waals surface area contributed by atoms with Crippen molar-refractivity contribution < 1.29 is 9.53 Å². The number of anilines is 1. The maximum absolute atomic E-state index is 11.1. The van der Waals surface area contributed by atoms with E-state index in [1.807, 2.05) is 24.3 Å². The van der Waals surface area contributed by atoms with Gasteiger partial charge in [0.1, 0.15) is 0 Å². The molecule has 0 amide bonds. The van der Waals surface area contributed by atoms with Gasteiger partial charge >= 0.3 is 0 Å². The van der Waals surface area contributed by atoms with Crippen LogP contribution in [0.4, 0.5) is 5.69 Å². The zero-order chi connectivity index (χ0) is 12.1. The van der Waals surface area contributed by atoms with Crippen molar-refractivity contribution in [2.45, 2.75) is 19.8 Å². The van der Waals surface area contributed by atoms with Gasteiger partial charge in [-0.3, -0.25) is 4.79 Å². The minimum absolute atomic E-state index is 0.109. The Labute approximate surface area is 102 Å². The zero-order valence-corrected chi connectivity index (χ0v) is 10.2. The molecule has 1 atom stereocenters. The molecule has 1 unspecified atom stereocenters. The molecule has 1 fully saturated rings. The van der Waals surface area contributed by atoms with E-state index in [1.165, 1.54) is 6.42 Å². The van der Waals surface area contributed by atoms with Gasteiger partial charge in [-0.2, -0.15) is 0 Å². The Hall–Kier alpha value is -1.35. The lowest BCUT2D eigenvalue weighted by molar-refractivity contribution is 0.0595. The molecule has 1 aromatic carbocycles. The summed E-state index contributed by atoms with van der Waals surface area (Å²) in [6, 6.07) is 7.64. The van der Waals surface area contributed by atoms with Crippen molar-refractivity contribution in [2.75, 3.05) is 25.1 Å². The Morgan fingerprint density at radius 1 is 1.41 bits per heavy atom. The molecule has 0 spiro atoms. The van der Waals surface area contributed by atoms with E-state index in [9.17, 15) is 4.79 Å². The lowest BCUT2D eigenvalue weighted by Crippen LogP contribution is -2.24. The quantitative estimate of drug-likeness (QED) is 0.813. The van der Waals surface area contributed by atoms with E-state index in [2.05, 4.69) is 5.32 Å². The van der Waals surface area contributed by atoms with E-state index in [0.29, 0.717) is 5.92 Å². The molecular formula is C14H19NO2. The minimum Gasteiger partial charge on any atom is -0.385 e. The molecule has 0 aromatic heterocycles. The summed E-state index contributed by atoms with van der Waals surface area (Å²) < 4.78 is 5.44. The standard InChI is InChI=1S/C14H19NO2/c1-11(16)13-4-6-14(7-5-13)15-9-12-3-2-8-17-10-12/h4-7,12,15H,2-3,8-10H2,1H3. The lowest BCUT2D eigenvalue weighted by atomic mass is 10.0. The third-order valence-corrected chi connectivity index (χ3v) is 3.14. The fourth-order valence-corrected chi connectivity index (χ4v) is 2.05. The van der Waals surface area contributed by atoms with Gasteiger partial charge in [-0.15, -0.1) is 0 Å². The Bertz CT molecular complexity index is 366. The first-order valence-corrected chi connectivity index (χ1v) is 6.18. The average molecular weight is 233 g/mol. The van der Waals surface area contributed by atoms with Crippen molar-refractivity contribution >= 4 is 11.5 Å². The fraction of sp³-hybridized carbons (Fsp3) is 0.500. The summed E-state index contributed by atoms with van der Waals surface area (Å²) in [5, 5.41) is 3.39. The highest BCUT2D eigenvalue weighted by Gasteiger charge is 2.13. The van der Waals surface area contributed by atoms with E-state index in [4.69, 9.17) is 4.74 Å². The van der Waals surface area contributed by atoms with Gasteiger partial charge in [-0.05, 0) is 49.9 Å². The molecule has 1 N–H and O–H groups in total. The average Bonchev–Trinajstić information content (AvgIpc) is 2.38. The number of Topliss-reactive ketones (excluding diaryl/α,β-unsaturated/α-hetero) is 1. The van der Waals surface area contributed by atoms with Crippen LogP contribution in [0.15, 0.2) is 24.3 Å². The SMILES string of the molecule is CC(=O)c1ccc(NCC2CCCOC2)cc1. The van der Waals surface area contributed by atoms with Crippen LogP contribution in [0.3, 0.4) is 0 Å². The number of hydrogen-bond donors (Lipinski definition) is 1. The van der Waals surface area contributed by atoms with Crippen LogP contribution in [-0.4, -0.2) is 25.5 Å². The Morgan fingerprint density at radius 3 is 2.76 bits per heavy atom. The molecule has 92 valence electrons. The van der Waals surface area contributed by atoms with Crippen molar-refractivity contribution in [3.05, 3.63) is 29.8 Å². The van der Waals surface area contributed by atoms with Crippen molar-refractivity contribution in [3.63, 3.8) is 0 Å². The van der Waals surface area contributed by atoms with Gasteiger partial charge in [-0.25, -0.2) is 0 Å². The molecular weight excluding hydrogens is 214 g/mol. The number of nitrogens with one attached hydrogen (secondary N) is 1. The van der Waals surface area contributed by atoms with Gasteiger partial charge in [0.2, 0.25) is 0 Å².